The van der Waals surface area contributed by atoms with Crippen LogP contribution in [-0.2, 0) is 9.59 Å². The minimum atomic E-state index is -1.10. The first-order valence-corrected chi connectivity index (χ1v) is 5.58. The Kier molecular flexibility index (Phi) is 3.24. The maximum Gasteiger partial charge on any atom is 0.328 e. The number of amides is 1. The van der Waals surface area contributed by atoms with Crippen molar-refractivity contribution in [2.45, 2.75) is 31.3 Å². The quantitative estimate of drug-likeness (QED) is 0.584. The van der Waals surface area contributed by atoms with Crippen LogP contribution in [0.25, 0.3) is 0 Å². The SMILES string of the molecule is O=C(O)/C=C\C(=O)NC1CC2CNC(C2)C1. The molecule has 1 aliphatic heterocycles. The maximum atomic E-state index is 11.4. The number of fused-ring (bicyclic) bond motifs is 2. The van der Waals surface area contributed by atoms with Crippen molar-refractivity contribution in [1.82, 2.24) is 10.6 Å². The van der Waals surface area contributed by atoms with Gasteiger partial charge in [0.1, 0.15) is 0 Å². The van der Waals surface area contributed by atoms with E-state index in [1.54, 1.807) is 0 Å². The third-order valence-electron chi connectivity index (χ3n) is 3.22. The molecule has 2 aliphatic rings. The van der Waals surface area contributed by atoms with E-state index in [1.807, 2.05) is 0 Å². The third-order valence-corrected chi connectivity index (χ3v) is 3.22. The number of carboxylic acid groups (broad SMARTS) is 1. The fourth-order valence-electron chi connectivity index (χ4n) is 2.62. The highest BCUT2D eigenvalue weighted by Gasteiger charge is 2.33. The number of aliphatic carboxylic acids is 1. The summed E-state index contributed by atoms with van der Waals surface area (Å²) in [5, 5.41) is 14.6. The molecule has 1 saturated carbocycles. The van der Waals surface area contributed by atoms with Crippen LogP contribution in [0.2, 0.25) is 0 Å². The summed E-state index contributed by atoms with van der Waals surface area (Å²) in [6.07, 6.45) is 5.09. The molecule has 1 heterocycles. The zero-order valence-corrected chi connectivity index (χ0v) is 8.98. The minimum absolute atomic E-state index is 0.185. The molecule has 2 fully saturated rings. The predicted octanol–water partition coefficient (Wildman–Crippen LogP) is -0.116. The Balaban J connectivity index is 1.81. The Morgan fingerprint density at radius 1 is 1.25 bits per heavy atom. The molecule has 3 N–H and O–H groups in total. The molecule has 2 bridgehead atoms. The van der Waals surface area contributed by atoms with Gasteiger partial charge in [0.05, 0.1) is 0 Å². The van der Waals surface area contributed by atoms with E-state index in [0.29, 0.717) is 12.0 Å². The molecule has 5 heteroatoms. The highest BCUT2D eigenvalue weighted by Crippen LogP contribution is 2.29. The fourth-order valence-corrected chi connectivity index (χ4v) is 2.62. The van der Waals surface area contributed by atoms with Crippen LogP contribution in [0, 0.1) is 5.92 Å². The molecular weight excluding hydrogens is 208 g/mol. The molecule has 1 aliphatic carbocycles. The lowest BCUT2D eigenvalue weighted by Gasteiger charge is -2.27. The molecule has 0 aromatic carbocycles. The van der Waals surface area contributed by atoms with Crippen LogP contribution in [0.15, 0.2) is 12.2 Å². The van der Waals surface area contributed by atoms with E-state index in [0.717, 1.165) is 31.5 Å². The monoisotopic (exact) mass is 224 g/mol. The van der Waals surface area contributed by atoms with Gasteiger partial charge in [-0.05, 0) is 31.7 Å². The van der Waals surface area contributed by atoms with Crippen LogP contribution < -0.4 is 10.6 Å². The summed E-state index contributed by atoms with van der Waals surface area (Å²) in [4.78, 5) is 21.6. The molecule has 1 saturated heterocycles. The summed E-state index contributed by atoms with van der Waals surface area (Å²) >= 11 is 0. The summed E-state index contributed by atoms with van der Waals surface area (Å²) in [5.74, 6) is -0.748. The van der Waals surface area contributed by atoms with E-state index in [-0.39, 0.29) is 11.9 Å². The molecule has 16 heavy (non-hydrogen) atoms. The summed E-state index contributed by atoms with van der Waals surface area (Å²) < 4.78 is 0. The molecule has 3 atom stereocenters. The Morgan fingerprint density at radius 3 is 2.75 bits per heavy atom. The highest BCUT2D eigenvalue weighted by molar-refractivity contribution is 5.93. The second kappa shape index (κ2) is 4.65. The van der Waals surface area contributed by atoms with Crippen molar-refractivity contribution in [2.24, 2.45) is 5.92 Å². The zero-order valence-electron chi connectivity index (χ0n) is 8.98. The number of nitrogens with one attached hydrogen (secondary N) is 2. The maximum absolute atomic E-state index is 11.4. The predicted molar refractivity (Wildman–Crippen MR) is 57.8 cm³/mol. The van der Waals surface area contributed by atoms with Gasteiger partial charge < -0.3 is 15.7 Å². The van der Waals surface area contributed by atoms with Crippen LogP contribution in [0.4, 0.5) is 0 Å². The van der Waals surface area contributed by atoms with E-state index >= 15 is 0 Å². The molecule has 0 aromatic heterocycles. The number of hydrogen-bond acceptors (Lipinski definition) is 3. The Morgan fingerprint density at radius 2 is 2.06 bits per heavy atom. The molecule has 88 valence electrons. The standard InChI is InChI=1S/C11H16N2O3/c14-10(1-2-11(15)16)13-9-4-7-3-8(5-9)12-6-7/h1-2,7-9,12H,3-6H2,(H,13,14)(H,15,16)/b2-1-. The first kappa shape index (κ1) is 11.1. The second-order valence-electron chi connectivity index (χ2n) is 4.56. The topological polar surface area (TPSA) is 78.4 Å². The van der Waals surface area contributed by atoms with Crippen LogP contribution in [0.3, 0.4) is 0 Å². The van der Waals surface area contributed by atoms with Crippen molar-refractivity contribution < 1.29 is 14.7 Å². The number of carbonyl (C=O) groups is 2. The first-order chi connectivity index (χ1) is 7.63. The summed E-state index contributed by atoms with van der Waals surface area (Å²) in [6.45, 7) is 1.04. The smallest absolute Gasteiger partial charge is 0.328 e. The van der Waals surface area contributed by atoms with Gasteiger partial charge in [-0.1, -0.05) is 0 Å². The molecular formula is C11H16N2O3. The van der Waals surface area contributed by atoms with Crippen molar-refractivity contribution >= 4 is 11.9 Å². The van der Waals surface area contributed by atoms with Crippen LogP contribution in [0.5, 0.6) is 0 Å². The summed E-state index contributed by atoms with van der Waals surface area (Å²) in [6, 6.07) is 0.706. The molecule has 0 radical (unpaired) electrons. The Hall–Kier alpha value is -1.36. The number of rotatable bonds is 3. The van der Waals surface area contributed by atoms with E-state index < -0.39 is 5.97 Å². The number of carbonyl (C=O) groups excluding carboxylic acids is 1. The van der Waals surface area contributed by atoms with E-state index in [4.69, 9.17) is 5.11 Å². The molecule has 1 amide bonds. The van der Waals surface area contributed by atoms with Gasteiger partial charge in [-0.15, -0.1) is 0 Å². The van der Waals surface area contributed by atoms with Gasteiger partial charge in [-0.25, -0.2) is 4.79 Å². The van der Waals surface area contributed by atoms with Gasteiger partial charge in [-0.2, -0.15) is 0 Å². The first-order valence-electron chi connectivity index (χ1n) is 5.58. The van der Waals surface area contributed by atoms with E-state index in [2.05, 4.69) is 10.6 Å². The Labute approximate surface area is 93.9 Å². The lowest BCUT2D eigenvalue weighted by molar-refractivity contribution is -0.131. The van der Waals surface area contributed by atoms with Gasteiger partial charge in [0, 0.05) is 24.2 Å². The highest BCUT2D eigenvalue weighted by atomic mass is 16.4. The summed E-state index contributed by atoms with van der Waals surface area (Å²) in [5.41, 5.74) is 0. The van der Waals surface area contributed by atoms with Crippen molar-refractivity contribution in [1.29, 1.82) is 0 Å². The van der Waals surface area contributed by atoms with Crippen LogP contribution in [0.1, 0.15) is 19.3 Å². The van der Waals surface area contributed by atoms with E-state index in [1.165, 1.54) is 6.42 Å². The lowest BCUT2D eigenvalue weighted by Crippen LogP contribution is -2.40. The van der Waals surface area contributed by atoms with Gasteiger partial charge in [-0.3, -0.25) is 4.79 Å². The average molecular weight is 224 g/mol. The minimum Gasteiger partial charge on any atom is -0.478 e. The summed E-state index contributed by atoms with van der Waals surface area (Å²) in [7, 11) is 0. The van der Waals surface area contributed by atoms with Crippen LogP contribution >= 0.6 is 0 Å². The van der Waals surface area contributed by atoms with Crippen LogP contribution in [-0.4, -0.2) is 35.6 Å². The normalized spacial score (nSPS) is 32.9. The van der Waals surface area contributed by atoms with Crippen molar-refractivity contribution in [3.8, 4) is 0 Å². The van der Waals surface area contributed by atoms with Gasteiger partial charge in [0.15, 0.2) is 0 Å². The van der Waals surface area contributed by atoms with Crippen molar-refractivity contribution in [3.05, 3.63) is 12.2 Å². The number of hydrogen-bond donors (Lipinski definition) is 3. The van der Waals surface area contributed by atoms with E-state index in [9.17, 15) is 9.59 Å². The lowest BCUT2D eigenvalue weighted by atomic mass is 9.86. The molecule has 3 unspecified atom stereocenters. The fraction of sp³-hybridized carbons (Fsp3) is 0.636. The third kappa shape index (κ3) is 2.82. The largest absolute Gasteiger partial charge is 0.478 e. The van der Waals surface area contributed by atoms with Gasteiger partial charge in [0.2, 0.25) is 5.91 Å². The average Bonchev–Trinajstić information content (AvgIpc) is 2.55. The van der Waals surface area contributed by atoms with Crippen molar-refractivity contribution in [2.75, 3.05) is 6.54 Å². The molecule has 0 spiro atoms. The second-order valence-corrected chi connectivity index (χ2v) is 4.56. The molecule has 0 aromatic rings. The van der Waals surface area contributed by atoms with Crippen molar-refractivity contribution in [3.63, 3.8) is 0 Å². The molecule has 2 rings (SSSR count). The number of carboxylic acids is 1. The van der Waals surface area contributed by atoms with Gasteiger partial charge >= 0.3 is 5.97 Å². The molecule has 5 nitrogen and oxygen atoms in total. The Bertz CT molecular complexity index is 315. The van der Waals surface area contributed by atoms with Gasteiger partial charge in [0.25, 0.3) is 0 Å². The zero-order chi connectivity index (χ0) is 11.5.